The molecule has 2 heterocycles. The Bertz CT molecular complexity index is 663. The summed E-state index contributed by atoms with van der Waals surface area (Å²) in [5.41, 5.74) is 1.21. The molecule has 1 aliphatic rings. The van der Waals surface area contributed by atoms with Gasteiger partial charge in [0.25, 0.3) is 0 Å². The first-order valence-electron chi connectivity index (χ1n) is 6.65. The van der Waals surface area contributed by atoms with Gasteiger partial charge in [0, 0.05) is 13.1 Å². The number of para-hydroxylation sites is 1. The smallest absolute Gasteiger partial charge is 0.249 e. The fourth-order valence-electron chi connectivity index (χ4n) is 2.10. The highest BCUT2D eigenvalue weighted by Crippen LogP contribution is 2.19. The van der Waals surface area contributed by atoms with Crippen LogP contribution in [0.25, 0.3) is 0 Å². The predicted molar refractivity (Wildman–Crippen MR) is 77.3 cm³/mol. The van der Waals surface area contributed by atoms with Crippen LogP contribution in [0.1, 0.15) is 5.56 Å². The summed E-state index contributed by atoms with van der Waals surface area (Å²) in [6.07, 6.45) is 1.63. The van der Waals surface area contributed by atoms with Crippen LogP contribution < -0.4 is 10.2 Å². The summed E-state index contributed by atoms with van der Waals surface area (Å²) >= 11 is 0. The van der Waals surface area contributed by atoms with Crippen LogP contribution in [0.3, 0.4) is 0 Å². The summed E-state index contributed by atoms with van der Waals surface area (Å²) in [6, 6.07) is 9.34. The molecule has 2 aromatic rings. The molecule has 1 saturated heterocycles. The molecule has 1 aromatic heterocycles. The van der Waals surface area contributed by atoms with E-state index in [0.717, 1.165) is 18.9 Å². The summed E-state index contributed by atoms with van der Waals surface area (Å²) in [5.74, 6) is 1.13. The zero-order chi connectivity index (χ0) is 14.5. The van der Waals surface area contributed by atoms with Gasteiger partial charge in [-0.05, 0) is 12.1 Å². The highest BCUT2D eigenvalue weighted by Gasteiger charge is 2.14. The van der Waals surface area contributed by atoms with Gasteiger partial charge in [-0.15, -0.1) is 5.10 Å². The van der Waals surface area contributed by atoms with Crippen molar-refractivity contribution in [3.63, 3.8) is 0 Å². The SMILES string of the molecule is N#Cc1ccccc1Nc1nncc(N2CCOCC2)n1. The van der Waals surface area contributed by atoms with Crippen LogP contribution in [0.5, 0.6) is 0 Å². The molecule has 0 spiro atoms. The molecule has 1 N–H and O–H groups in total. The fourth-order valence-corrected chi connectivity index (χ4v) is 2.10. The summed E-state index contributed by atoms with van der Waals surface area (Å²) < 4.78 is 5.32. The Morgan fingerprint density at radius 2 is 2.05 bits per heavy atom. The quantitative estimate of drug-likeness (QED) is 0.908. The maximum absolute atomic E-state index is 9.09. The Labute approximate surface area is 122 Å². The van der Waals surface area contributed by atoms with Gasteiger partial charge in [0.15, 0.2) is 5.82 Å². The Balaban J connectivity index is 1.81. The van der Waals surface area contributed by atoms with E-state index < -0.39 is 0 Å². The number of anilines is 3. The maximum atomic E-state index is 9.09. The Kier molecular flexibility index (Phi) is 3.89. The Morgan fingerprint density at radius 1 is 1.24 bits per heavy atom. The molecule has 1 aliphatic heterocycles. The first kappa shape index (κ1) is 13.3. The lowest BCUT2D eigenvalue weighted by Gasteiger charge is -2.27. The van der Waals surface area contributed by atoms with Gasteiger partial charge in [0.05, 0.1) is 30.7 Å². The molecule has 1 fully saturated rings. The van der Waals surface area contributed by atoms with Gasteiger partial charge in [-0.25, -0.2) is 0 Å². The van der Waals surface area contributed by atoms with Crippen molar-refractivity contribution in [2.45, 2.75) is 0 Å². The van der Waals surface area contributed by atoms with Crippen LogP contribution in [-0.2, 0) is 4.74 Å². The monoisotopic (exact) mass is 282 g/mol. The van der Waals surface area contributed by atoms with Gasteiger partial charge < -0.3 is 15.0 Å². The molecule has 106 valence electrons. The first-order valence-corrected chi connectivity index (χ1v) is 6.65. The molecule has 0 unspecified atom stereocenters. The van der Waals surface area contributed by atoms with Gasteiger partial charge in [-0.2, -0.15) is 15.3 Å². The lowest BCUT2D eigenvalue weighted by Crippen LogP contribution is -2.37. The minimum atomic E-state index is 0.377. The van der Waals surface area contributed by atoms with Gasteiger partial charge in [-0.3, -0.25) is 0 Å². The molecule has 0 aliphatic carbocycles. The number of benzene rings is 1. The van der Waals surface area contributed by atoms with Crippen molar-refractivity contribution in [1.29, 1.82) is 5.26 Å². The Morgan fingerprint density at radius 3 is 2.86 bits per heavy atom. The van der Waals surface area contributed by atoms with Crippen molar-refractivity contribution < 1.29 is 4.74 Å². The molecule has 1 aromatic carbocycles. The number of hydrogen-bond acceptors (Lipinski definition) is 7. The number of nitriles is 1. The van der Waals surface area contributed by atoms with Crippen molar-refractivity contribution in [2.24, 2.45) is 0 Å². The van der Waals surface area contributed by atoms with Crippen molar-refractivity contribution in [1.82, 2.24) is 15.2 Å². The molecule has 3 rings (SSSR count). The zero-order valence-corrected chi connectivity index (χ0v) is 11.4. The van der Waals surface area contributed by atoms with Crippen LogP contribution in [0.2, 0.25) is 0 Å². The van der Waals surface area contributed by atoms with Crippen LogP contribution in [0.15, 0.2) is 30.5 Å². The number of nitrogens with one attached hydrogen (secondary N) is 1. The fraction of sp³-hybridized carbons (Fsp3) is 0.286. The molecular weight excluding hydrogens is 268 g/mol. The number of hydrogen-bond donors (Lipinski definition) is 1. The van der Waals surface area contributed by atoms with Gasteiger partial charge >= 0.3 is 0 Å². The minimum Gasteiger partial charge on any atom is -0.378 e. The van der Waals surface area contributed by atoms with Crippen molar-refractivity contribution in [2.75, 3.05) is 36.5 Å². The highest BCUT2D eigenvalue weighted by molar-refractivity contribution is 5.63. The van der Waals surface area contributed by atoms with Crippen molar-refractivity contribution >= 4 is 17.5 Å². The highest BCUT2D eigenvalue weighted by atomic mass is 16.5. The normalized spacial score (nSPS) is 14.5. The molecular formula is C14H14N6O. The van der Waals surface area contributed by atoms with Crippen LogP contribution in [-0.4, -0.2) is 41.5 Å². The predicted octanol–water partition coefficient (Wildman–Crippen LogP) is 1.32. The number of rotatable bonds is 3. The second-order valence-electron chi connectivity index (χ2n) is 4.52. The van der Waals surface area contributed by atoms with E-state index >= 15 is 0 Å². The third-order valence-corrected chi connectivity index (χ3v) is 3.18. The zero-order valence-electron chi connectivity index (χ0n) is 11.4. The van der Waals surface area contributed by atoms with Gasteiger partial charge in [-0.1, -0.05) is 12.1 Å². The van der Waals surface area contributed by atoms with Crippen molar-refractivity contribution in [3.8, 4) is 6.07 Å². The van der Waals surface area contributed by atoms with E-state index in [0.29, 0.717) is 30.4 Å². The van der Waals surface area contributed by atoms with Crippen LogP contribution in [0.4, 0.5) is 17.5 Å². The molecule has 0 saturated carbocycles. The second-order valence-corrected chi connectivity index (χ2v) is 4.52. The third kappa shape index (κ3) is 3.07. The number of ether oxygens (including phenoxy) is 1. The van der Waals surface area contributed by atoms with E-state index in [-0.39, 0.29) is 0 Å². The van der Waals surface area contributed by atoms with E-state index in [1.54, 1.807) is 12.3 Å². The largest absolute Gasteiger partial charge is 0.378 e. The number of nitrogens with zero attached hydrogens (tertiary/aromatic N) is 5. The molecule has 0 radical (unpaired) electrons. The maximum Gasteiger partial charge on any atom is 0.249 e. The summed E-state index contributed by atoms with van der Waals surface area (Å²) in [5, 5.41) is 20.1. The molecule has 0 amide bonds. The van der Waals surface area contributed by atoms with E-state index in [9.17, 15) is 0 Å². The van der Waals surface area contributed by atoms with E-state index in [2.05, 4.69) is 31.5 Å². The molecule has 21 heavy (non-hydrogen) atoms. The minimum absolute atomic E-state index is 0.377. The molecule has 0 atom stereocenters. The average molecular weight is 282 g/mol. The number of morpholine rings is 1. The standard InChI is InChI=1S/C14H14N6O/c15-9-11-3-1-2-4-12(11)17-14-18-13(10-16-19-14)20-5-7-21-8-6-20/h1-4,10H,5-8H2,(H,17,18,19). The molecule has 0 bridgehead atoms. The topological polar surface area (TPSA) is 87.0 Å². The van der Waals surface area contributed by atoms with E-state index in [4.69, 9.17) is 10.00 Å². The average Bonchev–Trinajstić information content (AvgIpc) is 2.56. The Hall–Kier alpha value is -2.72. The summed E-state index contributed by atoms with van der Waals surface area (Å²) in [4.78, 5) is 6.54. The van der Waals surface area contributed by atoms with Gasteiger partial charge in [0.1, 0.15) is 6.07 Å². The van der Waals surface area contributed by atoms with E-state index in [1.165, 1.54) is 0 Å². The van der Waals surface area contributed by atoms with E-state index in [1.807, 2.05) is 18.2 Å². The first-order chi connectivity index (χ1) is 10.4. The number of aromatic nitrogens is 3. The summed E-state index contributed by atoms with van der Waals surface area (Å²) in [6.45, 7) is 2.94. The third-order valence-electron chi connectivity index (χ3n) is 3.18. The van der Waals surface area contributed by atoms with Crippen molar-refractivity contribution in [3.05, 3.63) is 36.0 Å². The molecule has 7 heteroatoms. The lowest BCUT2D eigenvalue weighted by atomic mass is 10.2. The van der Waals surface area contributed by atoms with Crippen LogP contribution in [0, 0.1) is 11.3 Å². The second kappa shape index (κ2) is 6.15. The molecule has 7 nitrogen and oxygen atoms in total. The lowest BCUT2D eigenvalue weighted by molar-refractivity contribution is 0.122. The summed E-state index contributed by atoms with van der Waals surface area (Å²) in [7, 11) is 0. The van der Waals surface area contributed by atoms with Crippen LogP contribution >= 0.6 is 0 Å². The van der Waals surface area contributed by atoms with Gasteiger partial charge in [0.2, 0.25) is 5.95 Å².